The minimum Gasteiger partial charge on any atom is -0.497 e. The summed E-state index contributed by atoms with van der Waals surface area (Å²) >= 11 is 0. The van der Waals surface area contributed by atoms with Gasteiger partial charge in [0.25, 0.3) is 0 Å². The molecule has 10 heteroatoms. The molecule has 4 rings (SSSR count). The van der Waals surface area contributed by atoms with Crippen molar-refractivity contribution in [2.75, 3.05) is 27.2 Å². The highest BCUT2D eigenvalue weighted by Gasteiger charge is 2.52. The summed E-state index contributed by atoms with van der Waals surface area (Å²) in [6.45, 7) is 6.07. The van der Waals surface area contributed by atoms with E-state index in [-0.39, 0.29) is 55.3 Å². The van der Waals surface area contributed by atoms with Gasteiger partial charge in [0.1, 0.15) is 23.8 Å². The fourth-order valence-corrected chi connectivity index (χ4v) is 5.09. The number of carbonyl (C=O) groups excluding carboxylic acids is 3. The average Bonchev–Trinajstić information content (AvgIpc) is 2.87. The molecule has 1 N–H and O–H groups in total. The highest BCUT2D eigenvalue weighted by atomic mass is 19.1. The van der Waals surface area contributed by atoms with Crippen molar-refractivity contribution in [1.29, 1.82) is 0 Å². The predicted molar refractivity (Wildman–Crippen MR) is 135 cm³/mol. The number of hydrogen-bond acceptors (Lipinski definition) is 5. The summed E-state index contributed by atoms with van der Waals surface area (Å²) < 4.78 is 18.7. The number of rotatable bonds is 6. The SMILES string of the molecule is COc1ccc(CNC(=O)N2[C@H]3CN(C(C)c4ccc(F)cc4)C(=O)[C@H](C(C)C)N3C(=O)CN2C)cc1. The summed E-state index contributed by atoms with van der Waals surface area (Å²) in [5.41, 5.74) is 1.67. The second-order valence-corrected chi connectivity index (χ2v) is 9.86. The third kappa shape index (κ3) is 5.24. The summed E-state index contributed by atoms with van der Waals surface area (Å²) in [6, 6.07) is 12.0. The van der Waals surface area contributed by atoms with Crippen molar-refractivity contribution in [3.63, 3.8) is 0 Å². The third-order valence-corrected chi connectivity index (χ3v) is 7.08. The highest BCUT2D eigenvalue weighted by Crippen LogP contribution is 2.33. The van der Waals surface area contributed by atoms with E-state index in [2.05, 4.69) is 5.32 Å². The van der Waals surface area contributed by atoms with Crippen LogP contribution < -0.4 is 10.1 Å². The van der Waals surface area contributed by atoms with Crippen LogP contribution in [0.5, 0.6) is 5.75 Å². The summed E-state index contributed by atoms with van der Waals surface area (Å²) in [6.07, 6.45) is -0.685. The fraction of sp³-hybridized carbons (Fsp3) is 0.444. The van der Waals surface area contributed by atoms with Gasteiger partial charge in [0.15, 0.2) is 0 Å². The molecule has 0 aliphatic carbocycles. The average molecular weight is 512 g/mol. The number of nitrogens with zero attached hydrogens (tertiary/aromatic N) is 4. The largest absolute Gasteiger partial charge is 0.497 e. The molecule has 0 spiro atoms. The molecule has 2 aliphatic rings. The minimum atomic E-state index is -0.722. The van der Waals surface area contributed by atoms with Gasteiger partial charge in [-0.25, -0.2) is 19.2 Å². The number of urea groups is 1. The number of fused-ring (bicyclic) bond motifs is 1. The number of amides is 4. The van der Waals surface area contributed by atoms with E-state index in [0.717, 1.165) is 16.9 Å². The topological polar surface area (TPSA) is 85.4 Å². The van der Waals surface area contributed by atoms with Gasteiger partial charge in [-0.05, 0) is 48.2 Å². The van der Waals surface area contributed by atoms with Gasteiger partial charge < -0.3 is 19.9 Å². The number of likely N-dealkylation sites (N-methyl/N-ethyl adjacent to an activating group) is 1. The third-order valence-electron chi connectivity index (χ3n) is 7.08. The Morgan fingerprint density at radius 2 is 1.73 bits per heavy atom. The lowest BCUT2D eigenvalue weighted by atomic mass is 9.94. The first-order valence-corrected chi connectivity index (χ1v) is 12.4. The quantitative estimate of drug-likeness (QED) is 0.645. The van der Waals surface area contributed by atoms with Crippen LogP contribution in [-0.4, -0.2) is 77.1 Å². The number of carbonyl (C=O) groups is 3. The van der Waals surface area contributed by atoms with Gasteiger partial charge >= 0.3 is 6.03 Å². The Morgan fingerprint density at radius 3 is 2.32 bits per heavy atom. The van der Waals surface area contributed by atoms with Gasteiger partial charge in [0.05, 0.1) is 26.2 Å². The van der Waals surface area contributed by atoms with Crippen molar-refractivity contribution >= 4 is 17.8 Å². The Hall–Kier alpha value is -3.66. The molecule has 2 aliphatic heterocycles. The van der Waals surface area contributed by atoms with E-state index < -0.39 is 12.2 Å². The van der Waals surface area contributed by atoms with E-state index in [1.807, 2.05) is 45.0 Å². The fourth-order valence-electron chi connectivity index (χ4n) is 5.09. The van der Waals surface area contributed by atoms with Crippen LogP contribution in [0.3, 0.4) is 0 Å². The molecule has 0 aromatic heterocycles. The zero-order valence-corrected chi connectivity index (χ0v) is 21.8. The lowest BCUT2D eigenvalue weighted by Gasteiger charge is -2.56. The molecule has 3 atom stereocenters. The van der Waals surface area contributed by atoms with Crippen molar-refractivity contribution in [3.05, 3.63) is 65.5 Å². The molecule has 2 aromatic rings. The van der Waals surface area contributed by atoms with Crippen molar-refractivity contribution in [2.45, 2.75) is 45.6 Å². The van der Waals surface area contributed by atoms with Crippen molar-refractivity contribution in [3.8, 4) is 5.75 Å². The lowest BCUT2D eigenvalue weighted by molar-refractivity contribution is -0.192. The maximum Gasteiger partial charge on any atom is 0.334 e. The number of methoxy groups -OCH3 is 1. The number of ether oxygens (including phenoxy) is 1. The van der Waals surface area contributed by atoms with E-state index in [1.165, 1.54) is 17.1 Å². The molecule has 4 amide bonds. The van der Waals surface area contributed by atoms with Gasteiger partial charge in [-0.3, -0.25) is 9.59 Å². The van der Waals surface area contributed by atoms with Gasteiger partial charge in [0, 0.05) is 13.6 Å². The van der Waals surface area contributed by atoms with Crippen LogP contribution in [0.1, 0.15) is 37.9 Å². The molecule has 0 radical (unpaired) electrons. The first-order valence-electron chi connectivity index (χ1n) is 12.4. The highest BCUT2D eigenvalue weighted by molar-refractivity contribution is 5.91. The Morgan fingerprint density at radius 1 is 1.08 bits per heavy atom. The van der Waals surface area contributed by atoms with E-state index in [4.69, 9.17) is 4.74 Å². The molecule has 198 valence electrons. The standard InChI is InChI=1S/C27H34FN5O4/c1-17(2)25-26(35)31(18(3)20-8-10-21(28)11-9-20)15-23-32(25)24(34)16-30(4)33(23)27(36)29-14-19-6-12-22(37-5)13-7-19/h6-13,17-18,23,25H,14-16H2,1-5H3,(H,29,36)/t18?,23-,25-/m0/s1. The van der Waals surface area contributed by atoms with Crippen molar-refractivity contribution in [2.24, 2.45) is 5.92 Å². The van der Waals surface area contributed by atoms with Crippen molar-refractivity contribution < 1.29 is 23.5 Å². The number of nitrogens with one attached hydrogen (secondary N) is 1. The Labute approximate surface area is 216 Å². The molecule has 9 nitrogen and oxygen atoms in total. The molecular weight excluding hydrogens is 477 g/mol. The molecule has 2 aromatic carbocycles. The van der Waals surface area contributed by atoms with E-state index in [1.54, 1.807) is 41.1 Å². The van der Waals surface area contributed by atoms with Crippen LogP contribution in [0.4, 0.5) is 9.18 Å². The summed E-state index contributed by atoms with van der Waals surface area (Å²) in [5.74, 6) is -0.185. The maximum atomic E-state index is 13.7. The van der Waals surface area contributed by atoms with Gasteiger partial charge in [-0.15, -0.1) is 0 Å². The normalized spacial score (nSPS) is 21.2. The van der Waals surface area contributed by atoms with E-state index in [9.17, 15) is 18.8 Å². The zero-order valence-electron chi connectivity index (χ0n) is 21.8. The van der Waals surface area contributed by atoms with Gasteiger partial charge in [0.2, 0.25) is 11.8 Å². The first kappa shape index (κ1) is 26.4. The Kier molecular flexibility index (Phi) is 7.68. The minimum absolute atomic E-state index is 0.0174. The van der Waals surface area contributed by atoms with E-state index in [0.29, 0.717) is 0 Å². The molecule has 2 heterocycles. The Bertz CT molecular complexity index is 1140. The molecule has 2 fully saturated rings. The van der Waals surface area contributed by atoms with Crippen LogP contribution >= 0.6 is 0 Å². The monoisotopic (exact) mass is 511 g/mol. The van der Waals surface area contributed by atoms with Crippen LogP contribution in [0.2, 0.25) is 0 Å². The lowest BCUT2D eigenvalue weighted by Crippen LogP contribution is -2.76. The van der Waals surface area contributed by atoms with Crippen LogP contribution in [0.25, 0.3) is 0 Å². The molecule has 2 saturated heterocycles. The Balaban J connectivity index is 1.61. The molecule has 0 saturated carbocycles. The van der Waals surface area contributed by atoms with Crippen LogP contribution in [0.15, 0.2) is 48.5 Å². The summed E-state index contributed by atoms with van der Waals surface area (Å²) in [7, 11) is 3.28. The van der Waals surface area contributed by atoms with Crippen molar-refractivity contribution in [1.82, 2.24) is 25.1 Å². The number of hydrazine groups is 1. The number of halogens is 1. The predicted octanol–water partition coefficient (Wildman–Crippen LogP) is 2.99. The molecule has 37 heavy (non-hydrogen) atoms. The summed E-state index contributed by atoms with van der Waals surface area (Å²) in [4.78, 5) is 43.6. The smallest absolute Gasteiger partial charge is 0.334 e. The van der Waals surface area contributed by atoms with Crippen LogP contribution in [-0.2, 0) is 16.1 Å². The first-order chi connectivity index (χ1) is 17.6. The molecule has 0 bridgehead atoms. The molecular formula is C27H34FN5O4. The second-order valence-electron chi connectivity index (χ2n) is 9.86. The zero-order chi connectivity index (χ0) is 26.9. The summed E-state index contributed by atoms with van der Waals surface area (Å²) in [5, 5.41) is 6.07. The number of hydrogen-bond donors (Lipinski definition) is 1. The number of benzene rings is 2. The van der Waals surface area contributed by atoms with Crippen LogP contribution in [0, 0.1) is 11.7 Å². The second kappa shape index (κ2) is 10.8. The maximum absolute atomic E-state index is 13.7. The number of piperazine rings is 1. The molecule has 1 unspecified atom stereocenters. The van der Waals surface area contributed by atoms with Gasteiger partial charge in [-0.1, -0.05) is 38.1 Å². The van der Waals surface area contributed by atoms with Gasteiger partial charge in [-0.2, -0.15) is 0 Å². The van der Waals surface area contributed by atoms with E-state index >= 15 is 0 Å².